The van der Waals surface area contributed by atoms with Crippen LogP contribution in [0.2, 0.25) is 0 Å². The molecule has 1 aromatic carbocycles. The van der Waals surface area contributed by atoms with E-state index in [2.05, 4.69) is 5.32 Å². The molecule has 0 spiro atoms. The van der Waals surface area contributed by atoms with Gasteiger partial charge in [0.05, 0.1) is 5.69 Å². The molecule has 0 saturated heterocycles. The molecular formula is C11H16F3N3O2S. The molecule has 0 fully saturated rings. The Labute approximate surface area is 115 Å². The number of alkyl halides is 3. The second-order valence-corrected chi connectivity index (χ2v) is 5.83. The van der Waals surface area contributed by atoms with Crippen molar-refractivity contribution in [1.29, 1.82) is 0 Å². The van der Waals surface area contributed by atoms with Crippen LogP contribution in [-0.4, -0.2) is 21.1 Å². The second kappa shape index (κ2) is 6.31. The molecule has 0 amide bonds. The maximum absolute atomic E-state index is 11.9. The number of hydrogen-bond donors (Lipinski definition) is 3. The van der Waals surface area contributed by atoms with Crippen molar-refractivity contribution in [2.75, 3.05) is 17.6 Å². The zero-order valence-electron chi connectivity index (χ0n) is 10.6. The third kappa shape index (κ3) is 5.66. The molecule has 0 unspecified atom stereocenters. The first-order valence-electron chi connectivity index (χ1n) is 5.82. The Morgan fingerprint density at radius 1 is 1.20 bits per heavy atom. The van der Waals surface area contributed by atoms with Crippen LogP contribution < -0.4 is 16.2 Å². The molecule has 20 heavy (non-hydrogen) atoms. The fourth-order valence-corrected chi connectivity index (χ4v) is 2.25. The molecular weight excluding hydrogens is 295 g/mol. The first kappa shape index (κ1) is 16.6. The van der Waals surface area contributed by atoms with Crippen LogP contribution in [0.15, 0.2) is 23.1 Å². The Morgan fingerprint density at radius 2 is 1.85 bits per heavy atom. The van der Waals surface area contributed by atoms with Crippen LogP contribution in [0.5, 0.6) is 0 Å². The molecule has 1 rings (SSSR count). The number of hydrogen-bond acceptors (Lipinski definition) is 4. The average molecular weight is 311 g/mol. The Morgan fingerprint density at radius 3 is 2.35 bits per heavy atom. The summed E-state index contributed by atoms with van der Waals surface area (Å²) >= 11 is 0. The summed E-state index contributed by atoms with van der Waals surface area (Å²) in [5, 5.41) is 7.82. The lowest BCUT2D eigenvalue weighted by molar-refractivity contribution is -0.135. The molecule has 0 aliphatic heterocycles. The highest BCUT2D eigenvalue weighted by molar-refractivity contribution is 7.89. The Kier molecular flexibility index (Phi) is 5.23. The Balaban J connectivity index is 2.49. The summed E-state index contributed by atoms with van der Waals surface area (Å²) in [6.07, 6.45) is -4.58. The maximum atomic E-state index is 11.9. The summed E-state index contributed by atoms with van der Waals surface area (Å²) in [5.74, 6) is 0. The van der Waals surface area contributed by atoms with Gasteiger partial charge >= 0.3 is 6.18 Å². The van der Waals surface area contributed by atoms with Crippen molar-refractivity contribution in [2.45, 2.75) is 30.3 Å². The SMILES string of the molecule is Nc1cc(NCCCCC(F)(F)F)ccc1S(N)(=O)=O. The molecule has 114 valence electrons. The van der Waals surface area contributed by atoms with Crippen molar-refractivity contribution in [1.82, 2.24) is 0 Å². The van der Waals surface area contributed by atoms with Gasteiger partial charge in [-0.1, -0.05) is 0 Å². The number of anilines is 2. The van der Waals surface area contributed by atoms with E-state index in [-0.39, 0.29) is 17.0 Å². The highest BCUT2D eigenvalue weighted by atomic mass is 32.2. The van der Waals surface area contributed by atoms with Crippen molar-refractivity contribution >= 4 is 21.4 Å². The topological polar surface area (TPSA) is 98.2 Å². The van der Waals surface area contributed by atoms with E-state index in [9.17, 15) is 21.6 Å². The third-order valence-electron chi connectivity index (χ3n) is 2.53. The molecule has 5 N–H and O–H groups in total. The number of rotatable bonds is 6. The smallest absolute Gasteiger partial charge is 0.389 e. The molecule has 1 aromatic rings. The van der Waals surface area contributed by atoms with Crippen LogP contribution in [0.3, 0.4) is 0 Å². The van der Waals surface area contributed by atoms with Gasteiger partial charge in [-0.3, -0.25) is 0 Å². The number of nitrogens with one attached hydrogen (secondary N) is 1. The highest BCUT2D eigenvalue weighted by Gasteiger charge is 2.25. The van der Waals surface area contributed by atoms with Gasteiger partial charge in [-0.25, -0.2) is 13.6 Å². The number of primary sulfonamides is 1. The van der Waals surface area contributed by atoms with Crippen molar-refractivity contribution in [3.8, 4) is 0 Å². The molecule has 9 heteroatoms. The summed E-state index contributed by atoms with van der Waals surface area (Å²) < 4.78 is 58.0. The molecule has 5 nitrogen and oxygen atoms in total. The molecule has 0 atom stereocenters. The first-order valence-corrected chi connectivity index (χ1v) is 7.37. The predicted molar refractivity (Wildman–Crippen MR) is 70.6 cm³/mol. The van der Waals surface area contributed by atoms with Crippen LogP contribution >= 0.6 is 0 Å². The van der Waals surface area contributed by atoms with Crippen LogP contribution in [-0.2, 0) is 10.0 Å². The standard InChI is InChI=1S/C11H16F3N3O2S/c12-11(13,14)5-1-2-6-17-8-3-4-10(9(15)7-8)20(16,18)19/h3-4,7,17H,1-2,5-6,15H2,(H2,16,18,19). The lowest BCUT2D eigenvalue weighted by Crippen LogP contribution is -2.14. The molecule has 0 radical (unpaired) electrons. The van der Waals surface area contributed by atoms with Crippen LogP contribution in [0, 0.1) is 0 Å². The molecule has 0 saturated carbocycles. The van der Waals surface area contributed by atoms with Gasteiger partial charge in [0.2, 0.25) is 10.0 Å². The van der Waals surface area contributed by atoms with E-state index in [0.717, 1.165) is 0 Å². The van der Waals surface area contributed by atoms with Gasteiger partial charge < -0.3 is 11.1 Å². The third-order valence-corrected chi connectivity index (χ3v) is 3.52. The fourth-order valence-electron chi connectivity index (χ4n) is 1.60. The summed E-state index contributed by atoms with van der Waals surface area (Å²) in [4.78, 5) is -0.180. The largest absolute Gasteiger partial charge is 0.398 e. The van der Waals surface area contributed by atoms with Crippen molar-refractivity contribution < 1.29 is 21.6 Å². The van der Waals surface area contributed by atoms with E-state index in [1.165, 1.54) is 18.2 Å². The van der Waals surface area contributed by atoms with E-state index < -0.39 is 22.6 Å². The number of sulfonamides is 1. The number of unbranched alkanes of at least 4 members (excludes halogenated alkanes) is 1. The molecule has 0 bridgehead atoms. The van der Waals surface area contributed by atoms with Crippen molar-refractivity contribution in [3.05, 3.63) is 18.2 Å². The number of halogens is 3. The zero-order valence-corrected chi connectivity index (χ0v) is 11.4. The summed E-state index contributed by atoms with van der Waals surface area (Å²) in [5.41, 5.74) is 6.07. The van der Waals surface area contributed by atoms with Crippen LogP contribution in [0.1, 0.15) is 19.3 Å². The van der Waals surface area contributed by atoms with E-state index >= 15 is 0 Å². The lowest BCUT2D eigenvalue weighted by Gasteiger charge is -2.10. The van der Waals surface area contributed by atoms with Crippen molar-refractivity contribution in [3.63, 3.8) is 0 Å². The number of benzene rings is 1. The maximum Gasteiger partial charge on any atom is 0.389 e. The Bertz CT molecular complexity index is 559. The Hall–Kier alpha value is -1.48. The lowest BCUT2D eigenvalue weighted by atomic mass is 10.2. The second-order valence-electron chi connectivity index (χ2n) is 4.30. The molecule has 0 aromatic heterocycles. The van der Waals surface area contributed by atoms with Gasteiger partial charge in [-0.05, 0) is 31.0 Å². The zero-order chi connectivity index (χ0) is 15.4. The van der Waals surface area contributed by atoms with Gasteiger partial charge in [-0.2, -0.15) is 13.2 Å². The van der Waals surface area contributed by atoms with Crippen LogP contribution in [0.4, 0.5) is 24.5 Å². The molecule has 0 heterocycles. The number of nitrogen functional groups attached to an aromatic ring is 1. The van der Waals surface area contributed by atoms with Crippen LogP contribution in [0.25, 0.3) is 0 Å². The molecule has 0 aliphatic rings. The van der Waals surface area contributed by atoms with E-state index in [4.69, 9.17) is 10.9 Å². The van der Waals surface area contributed by atoms with E-state index in [1.54, 1.807) is 0 Å². The highest BCUT2D eigenvalue weighted by Crippen LogP contribution is 2.23. The van der Waals surface area contributed by atoms with Gasteiger partial charge in [0, 0.05) is 18.7 Å². The van der Waals surface area contributed by atoms with Gasteiger partial charge in [0.25, 0.3) is 0 Å². The number of nitrogens with two attached hydrogens (primary N) is 2. The average Bonchev–Trinajstić information content (AvgIpc) is 2.25. The van der Waals surface area contributed by atoms with E-state index in [0.29, 0.717) is 18.7 Å². The van der Waals surface area contributed by atoms with Gasteiger partial charge in [0.15, 0.2) is 0 Å². The fraction of sp³-hybridized carbons (Fsp3) is 0.455. The quantitative estimate of drug-likeness (QED) is 0.553. The predicted octanol–water partition coefficient (Wildman–Crippen LogP) is 2.06. The monoisotopic (exact) mass is 311 g/mol. The normalized spacial score (nSPS) is 12.4. The first-order chi connectivity index (χ1) is 9.09. The summed E-state index contributed by atoms with van der Waals surface area (Å²) in [7, 11) is -3.87. The van der Waals surface area contributed by atoms with Gasteiger partial charge in [-0.15, -0.1) is 0 Å². The summed E-state index contributed by atoms with van der Waals surface area (Å²) in [6.45, 7) is 0.338. The van der Waals surface area contributed by atoms with Crippen molar-refractivity contribution in [2.24, 2.45) is 5.14 Å². The van der Waals surface area contributed by atoms with Gasteiger partial charge in [0.1, 0.15) is 4.90 Å². The summed E-state index contributed by atoms with van der Waals surface area (Å²) in [6, 6.07) is 4.09. The molecule has 0 aliphatic carbocycles. The minimum absolute atomic E-state index is 0.00667. The minimum atomic E-state index is -4.14. The van der Waals surface area contributed by atoms with E-state index in [1.807, 2.05) is 0 Å². The minimum Gasteiger partial charge on any atom is -0.398 e.